The van der Waals surface area contributed by atoms with Crippen molar-refractivity contribution in [3.63, 3.8) is 0 Å². The Labute approximate surface area is 275 Å². The SMILES string of the molecule is CCCCCCCCCCCCCCC[C@@H](O)[C@H](CO)NC(=O)CCC/C=C\C[C@H]1C(=O)C[C@@H](O)[C@@H]1/C=C/[C@@H](O)CCCCC. The summed E-state index contributed by atoms with van der Waals surface area (Å²) in [6.07, 6.45) is 28.6. The Hall–Kier alpha value is -1.54. The fourth-order valence-corrected chi connectivity index (χ4v) is 6.34. The number of nitrogens with one attached hydrogen (secondary N) is 1. The van der Waals surface area contributed by atoms with Crippen molar-refractivity contribution in [3.05, 3.63) is 24.3 Å². The van der Waals surface area contributed by atoms with Gasteiger partial charge in [0.1, 0.15) is 5.78 Å². The second-order valence-electron chi connectivity index (χ2n) is 13.4. The molecule has 0 spiro atoms. The predicted octanol–water partition coefficient (Wildman–Crippen LogP) is 7.49. The maximum atomic E-state index is 12.5. The summed E-state index contributed by atoms with van der Waals surface area (Å²) in [6.45, 7) is 4.10. The predicted molar refractivity (Wildman–Crippen MR) is 185 cm³/mol. The molecule has 6 atom stereocenters. The van der Waals surface area contributed by atoms with Gasteiger partial charge < -0.3 is 25.7 Å². The van der Waals surface area contributed by atoms with E-state index in [9.17, 15) is 30.0 Å². The van der Waals surface area contributed by atoms with Gasteiger partial charge in [0.2, 0.25) is 5.91 Å². The van der Waals surface area contributed by atoms with E-state index in [1.54, 1.807) is 6.08 Å². The van der Waals surface area contributed by atoms with Gasteiger partial charge in [-0.2, -0.15) is 0 Å². The molecule has 1 aliphatic rings. The van der Waals surface area contributed by atoms with Crippen LogP contribution in [0.15, 0.2) is 24.3 Å². The first-order valence-electron chi connectivity index (χ1n) is 18.6. The number of carbonyl (C=O) groups is 2. The van der Waals surface area contributed by atoms with Gasteiger partial charge in [0.25, 0.3) is 0 Å². The number of allylic oxidation sites excluding steroid dienone is 2. The van der Waals surface area contributed by atoms with Gasteiger partial charge in [-0.3, -0.25) is 9.59 Å². The fraction of sp³-hybridized carbons (Fsp3) is 0.842. The van der Waals surface area contributed by atoms with E-state index in [4.69, 9.17) is 0 Å². The number of hydrogen-bond acceptors (Lipinski definition) is 6. The molecule has 0 unspecified atom stereocenters. The molecule has 1 rings (SSSR count). The molecule has 0 aliphatic heterocycles. The number of aliphatic hydroxyl groups is 4. The molecule has 0 saturated heterocycles. The highest BCUT2D eigenvalue weighted by Gasteiger charge is 2.39. The van der Waals surface area contributed by atoms with Crippen molar-refractivity contribution in [1.29, 1.82) is 0 Å². The molecule has 1 amide bonds. The van der Waals surface area contributed by atoms with Crippen molar-refractivity contribution in [1.82, 2.24) is 5.32 Å². The van der Waals surface area contributed by atoms with Gasteiger partial charge in [0.15, 0.2) is 0 Å². The summed E-state index contributed by atoms with van der Waals surface area (Å²) in [7, 11) is 0. The third-order valence-electron chi connectivity index (χ3n) is 9.33. The van der Waals surface area contributed by atoms with E-state index >= 15 is 0 Å². The zero-order valence-corrected chi connectivity index (χ0v) is 28.8. The molecule has 45 heavy (non-hydrogen) atoms. The number of Topliss-reactive ketones (excluding diaryl/α,β-unsaturated/α-hetero) is 1. The molecule has 0 bridgehead atoms. The van der Waals surface area contributed by atoms with Gasteiger partial charge in [0, 0.05) is 24.7 Å². The Morgan fingerprint density at radius 1 is 0.822 bits per heavy atom. The Balaban J connectivity index is 2.19. The van der Waals surface area contributed by atoms with Crippen molar-refractivity contribution < 1.29 is 30.0 Å². The number of ketones is 1. The van der Waals surface area contributed by atoms with Crippen LogP contribution in [0.5, 0.6) is 0 Å². The number of rotatable bonds is 29. The summed E-state index contributed by atoms with van der Waals surface area (Å²) in [4.78, 5) is 24.9. The smallest absolute Gasteiger partial charge is 0.220 e. The van der Waals surface area contributed by atoms with Crippen LogP contribution in [-0.2, 0) is 9.59 Å². The average molecular weight is 636 g/mol. The lowest BCUT2D eigenvalue weighted by atomic mass is 9.90. The summed E-state index contributed by atoms with van der Waals surface area (Å²) in [5, 5.41) is 43.6. The first-order chi connectivity index (χ1) is 21.8. The van der Waals surface area contributed by atoms with Gasteiger partial charge in [-0.25, -0.2) is 0 Å². The van der Waals surface area contributed by atoms with Crippen LogP contribution in [0.25, 0.3) is 0 Å². The molecule has 0 heterocycles. The van der Waals surface area contributed by atoms with Crippen molar-refractivity contribution in [2.75, 3.05) is 6.61 Å². The van der Waals surface area contributed by atoms with Gasteiger partial charge in [-0.05, 0) is 32.1 Å². The Morgan fingerprint density at radius 3 is 1.98 bits per heavy atom. The summed E-state index contributed by atoms with van der Waals surface area (Å²) < 4.78 is 0. The molecule has 0 aromatic heterocycles. The molecule has 1 saturated carbocycles. The maximum absolute atomic E-state index is 12.5. The second-order valence-corrected chi connectivity index (χ2v) is 13.4. The lowest BCUT2D eigenvalue weighted by Gasteiger charge is -2.22. The van der Waals surface area contributed by atoms with E-state index < -0.39 is 24.4 Å². The van der Waals surface area contributed by atoms with Gasteiger partial charge in [0.05, 0.1) is 31.0 Å². The van der Waals surface area contributed by atoms with Gasteiger partial charge in [-0.15, -0.1) is 0 Å². The first kappa shape index (κ1) is 41.5. The number of aliphatic hydroxyl groups excluding tert-OH is 4. The van der Waals surface area contributed by atoms with Crippen LogP contribution in [0.2, 0.25) is 0 Å². The first-order valence-corrected chi connectivity index (χ1v) is 18.6. The van der Waals surface area contributed by atoms with E-state index in [-0.39, 0.29) is 36.6 Å². The average Bonchev–Trinajstić information content (AvgIpc) is 3.29. The minimum Gasteiger partial charge on any atom is -0.394 e. The molecular weight excluding hydrogens is 566 g/mol. The quantitative estimate of drug-likeness (QED) is 0.0428. The second kappa shape index (κ2) is 27.6. The van der Waals surface area contributed by atoms with Gasteiger partial charge in [-0.1, -0.05) is 141 Å². The maximum Gasteiger partial charge on any atom is 0.220 e. The summed E-state index contributed by atoms with van der Waals surface area (Å²) in [5.74, 6) is -0.701. The number of carbonyl (C=O) groups excluding carboxylic acids is 2. The van der Waals surface area contributed by atoms with Crippen LogP contribution in [0.4, 0.5) is 0 Å². The normalized spacial score (nSPS) is 20.8. The number of amides is 1. The zero-order chi connectivity index (χ0) is 33.1. The zero-order valence-electron chi connectivity index (χ0n) is 28.8. The molecule has 262 valence electrons. The molecule has 7 heteroatoms. The highest BCUT2D eigenvalue weighted by molar-refractivity contribution is 5.84. The Morgan fingerprint density at radius 2 is 1.38 bits per heavy atom. The van der Waals surface area contributed by atoms with E-state index in [1.807, 2.05) is 18.2 Å². The van der Waals surface area contributed by atoms with Crippen LogP contribution < -0.4 is 5.32 Å². The topological polar surface area (TPSA) is 127 Å². The lowest BCUT2D eigenvalue weighted by Crippen LogP contribution is -2.45. The molecule has 1 fully saturated rings. The van der Waals surface area contributed by atoms with Crippen LogP contribution >= 0.6 is 0 Å². The molecular formula is C38H69NO6. The Bertz CT molecular complexity index is 799. The number of hydrogen-bond donors (Lipinski definition) is 5. The number of unbranched alkanes of at least 4 members (excludes halogenated alkanes) is 15. The summed E-state index contributed by atoms with van der Waals surface area (Å²) in [6, 6.07) is -0.639. The van der Waals surface area contributed by atoms with Crippen LogP contribution in [-0.4, -0.2) is 63.1 Å². The summed E-state index contributed by atoms with van der Waals surface area (Å²) >= 11 is 0. The minimum atomic E-state index is -0.745. The van der Waals surface area contributed by atoms with E-state index in [0.29, 0.717) is 38.5 Å². The minimum absolute atomic E-state index is 0.0501. The standard InChI is InChI=1S/C38H69NO6/c1-3-5-7-8-9-10-11-12-13-14-15-16-21-25-35(42)34(30-40)39-38(45)26-22-18-17-20-24-32-33(37(44)29-36(32)43)28-27-31(41)23-19-6-4-2/h17,20,27-28,31-35,37,40-42,44H,3-16,18-19,21-26,29-30H2,1-2H3,(H,39,45)/b20-17-,28-27+/t31-,32+,33+,34-,35+,37+/m0/s1. The molecule has 7 nitrogen and oxygen atoms in total. The highest BCUT2D eigenvalue weighted by atomic mass is 16.3. The third-order valence-corrected chi connectivity index (χ3v) is 9.33. The Kier molecular flexibility index (Phi) is 25.4. The summed E-state index contributed by atoms with van der Waals surface area (Å²) in [5.41, 5.74) is 0. The molecule has 0 aromatic carbocycles. The molecule has 0 aromatic rings. The molecule has 1 aliphatic carbocycles. The van der Waals surface area contributed by atoms with Gasteiger partial charge >= 0.3 is 0 Å². The van der Waals surface area contributed by atoms with Crippen LogP contribution in [0, 0.1) is 11.8 Å². The fourth-order valence-electron chi connectivity index (χ4n) is 6.34. The largest absolute Gasteiger partial charge is 0.394 e. The van der Waals surface area contributed by atoms with Crippen molar-refractivity contribution in [3.8, 4) is 0 Å². The monoisotopic (exact) mass is 636 g/mol. The highest BCUT2D eigenvalue weighted by Crippen LogP contribution is 2.33. The van der Waals surface area contributed by atoms with E-state index in [1.165, 1.54) is 70.6 Å². The van der Waals surface area contributed by atoms with Crippen molar-refractivity contribution in [2.45, 2.75) is 186 Å². The van der Waals surface area contributed by atoms with Crippen LogP contribution in [0.1, 0.15) is 162 Å². The van der Waals surface area contributed by atoms with E-state index in [0.717, 1.165) is 32.1 Å². The van der Waals surface area contributed by atoms with Crippen LogP contribution in [0.3, 0.4) is 0 Å². The molecule has 5 N–H and O–H groups in total. The van der Waals surface area contributed by atoms with E-state index in [2.05, 4.69) is 19.2 Å². The molecule has 0 radical (unpaired) electrons. The lowest BCUT2D eigenvalue weighted by molar-refractivity contribution is -0.123. The van der Waals surface area contributed by atoms with Crippen molar-refractivity contribution in [2.24, 2.45) is 11.8 Å². The van der Waals surface area contributed by atoms with Crippen molar-refractivity contribution >= 4 is 11.7 Å². The third kappa shape index (κ3) is 20.3.